The second kappa shape index (κ2) is 5.55. The Bertz CT molecular complexity index is 572. The Hall–Kier alpha value is -2.64. The molecule has 1 aliphatic rings. The van der Waals surface area contributed by atoms with E-state index in [0.29, 0.717) is 18.8 Å². The molecule has 2 rings (SSSR count). The fourth-order valence-corrected chi connectivity index (χ4v) is 2.08. The first kappa shape index (κ1) is 13.8. The number of carboxylic acid groups (broad SMARTS) is 1. The van der Waals surface area contributed by atoms with Crippen molar-refractivity contribution < 1.29 is 19.6 Å². The van der Waals surface area contributed by atoms with E-state index in [9.17, 15) is 19.7 Å². The van der Waals surface area contributed by atoms with Crippen LogP contribution in [-0.4, -0.2) is 41.5 Å². The van der Waals surface area contributed by atoms with Gasteiger partial charge in [-0.2, -0.15) is 0 Å². The number of nitro benzene ring substituents is 1. The molecule has 1 amide bonds. The maximum atomic E-state index is 11.5. The molecule has 8 heteroatoms. The molecule has 1 aromatic carbocycles. The van der Waals surface area contributed by atoms with Crippen LogP contribution in [0.4, 0.5) is 11.4 Å². The molecule has 0 radical (unpaired) electrons. The Labute approximate surface area is 114 Å². The predicted octanol–water partition coefficient (Wildman–Crippen LogP) is 0.619. The third kappa shape index (κ3) is 2.85. The molecule has 0 aliphatic carbocycles. The minimum Gasteiger partial charge on any atom is -0.477 e. The lowest BCUT2D eigenvalue weighted by atomic mass is 10.1. The van der Waals surface area contributed by atoms with Crippen molar-refractivity contribution in [3.63, 3.8) is 0 Å². The first-order valence-corrected chi connectivity index (χ1v) is 6.02. The summed E-state index contributed by atoms with van der Waals surface area (Å²) < 4.78 is 0. The van der Waals surface area contributed by atoms with Crippen molar-refractivity contribution >= 4 is 23.3 Å². The average molecular weight is 279 g/mol. The van der Waals surface area contributed by atoms with Crippen molar-refractivity contribution in [3.05, 3.63) is 33.9 Å². The molecule has 0 spiro atoms. The summed E-state index contributed by atoms with van der Waals surface area (Å²) in [5, 5.41) is 22.5. The first-order chi connectivity index (χ1) is 9.49. The Balaban J connectivity index is 2.37. The molecule has 106 valence electrons. The number of aromatic carboxylic acids is 1. The monoisotopic (exact) mass is 279 g/mol. The van der Waals surface area contributed by atoms with Gasteiger partial charge in [0, 0.05) is 24.8 Å². The van der Waals surface area contributed by atoms with E-state index in [4.69, 9.17) is 5.11 Å². The summed E-state index contributed by atoms with van der Waals surface area (Å²) in [6.45, 7) is 1.25. The van der Waals surface area contributed by atoms with Crippen molar-refractivity contribution in [2.24, 2.45) is 0 Å². The van der Waals surface area contributed by atoms with Crippen LogP contribution in [0.25, 0.3) is 0 Å². The predicted molar refractivity (Wildman–Crippen MR) is 69.9 cm³/mol. The number of nitro groups is 1. The van der Waals surface area contributed by atoms with Crippen LogP contribution in [0.3, 0.4) is 0 Å². The van der Waals surface area contributed by atoms with Crippen LogP contribution < -0.4 is 10.2 Å². The maximum absolute atomic E-state index is 11.5. The van der Waals surface area contributed by atoms with E-state index in [1.54, 1.807) is 4.90 Å². The number of hydrogen-bond donors (Lipinski definition) is 2. The van der Waals surface area contributed by atoms with Crippen LogP contribution in [-0.2, 0) is 4.79 Å². The molecule has 1 aliphatic heterocycles. The molecule has 0 atom stereocenters. The Morgan fingerprint density at radius 1 is 1.45 bits per heavy atom. The molecule has 8 nitrogen and oxygen atoms in total. The van der Waals surface area contributed by atoms with E-state index in [0.717, 1.165) is 12.5 Å². The third-order valence-electron chi connectivity index (χ3n) is 3.03. The maximum Gasteiger partial charge on any atom is 0.342 e. The highest BCUT2D eigenvalue weighted by Gasteiger charge is 2.23. The van der Waals surface area contributed by atoms with E-state index in [-0.39, 0.29) is 18.0 Å². The highest BCUT2D eigenvalue weighted by Crippen LogP contribution is 2.25. The zero-order valence-electron chi connectivity index (χ0n) is 10.5. The fourth-order valence-electron chi connectivity index (χ4n) is 2.08. The molecule has 0 unspecified atom stereocenters. The van der Waals surface area contributed by atoms with Gasteiger partial charge in [0.2, 0.25) is 5.91 Å². The minimum atomic E-state index is -1.36. The number of amides is 1. The van der Waals surface area contributed by atoms with Crippen LogP contribution in [0.15, 0.2) is 18.2 Å². The first-order valence-electron chi connectivity index (χ1n) is 6.02. The number of carbonyl (C=O) groups excluding carboxylic acids is 1. The quantitative estimate of drug-likeness (QED) is 0.619. The Morgan fingerprint density at radius 2 is 2.20 bits per heavy atom. The lowest BCUT2D eigenvalue weighted by Gasteiger charge is -2.21. The lowest BCUT2D eigenvalue weighted by molar-refractivity contribution is -0.385. The molecular weight excluding hydrogens is 266 g/mol. The van der Waals surface area contributed by atoms with Crippen molar-refractivity contribution in [2.45, 2.75) is 6.42 Å². The molecular formula is C12H13N3O5. The molecule has 1 aromatic rings. The molecule has 2 N–H and O–H groups in total. The molecule has 1 fully saturated rings. The van der Waals surface area contributed by atoms with Gasteiger partial charge in [-0.05, 0) is 18.6 Å². The van der Waals surface area contributed by atoms with Gasteiger partial charge in [-0.25, -0.2) is 4.79 Å². The Morgan fingerprint density at radius 3 is 2.85 bits per heavy atom. The molecule has 0 aromatic heterocycles. The van der Waals surface area contributed by atoms with Crippen molar-refractivity contribution in [1.29, 1.82) is 0 Å². The molecule has 1 heterocycles. The van der Waals surface area contributed by atoms with Gasteiger partial charge in [-0.3, -0.25) is 14.9 Å². The number of nitrogens with zero attached hydrogens (tertiary/aromatic N) is 2. The standard InChI is InChI=1S/C12H13N3O5/c16-11-7-14(5-1-4-13-11)8-2-3-10(15(19)20)9(6-8)12(17)18/h2-3,6H,1,4-5,7H2,(H,13,16)(H,17,18). The van der Waals surface area contributed by atoms with E-state index in [2.05, 4.69) is 5.32 Å². The molecule has 20 heavy (non-hydrogen) atoms. The molecule has 0 bridgehead atoms. The lowest BCUT2D eigenvalue weighted by Crippen LogP contribution is -2.33. The van der Waals surface area contributed by atoms with Gasteiger partial charge in [-0.1, -0.05) is 0 Å². The van der Waals surface area contributed by atoms with Crippen molar-refractivity contribution in [3.8, 4) is 0 Å². The van der Waals surface area contributed by atoms with Gasteiger partial charge in [0.15, 0.2) is 0 Å². The van der Waals surface area contributed by atoms with Gasteiger partial charge in [0.25, 0.3) is 5.69 Å². The van der Waals surface area contributed by atoms with Gasteiger partial charge in [0.1, 0.15) is 5.56 Å². The summed E-state index contributed by atoms with van der Waals surface area (Å²) in [6.07, 6.45) is 0.727. The van der Waals surface area contributed by atoms with Crippen LogP contribution in [0, 0.1) is 10.1 Å². The van der Waals surface area contributed by atoms with Gasteiger partial charge < -0.3 is 15.3 Å². The van der Waals surface area contributed by atoms with Crippen LogP contribution >= 0.6 is 0 Å². The van der Waals surface area contributed by atoms with Crippen molar-refractivity contribution in [1.82, 2.24) is 5.32 Å². The number of rotatable bonds is 3. The van der Waals surface area contributed by atoms with E-state index in [1.807, 2.05) is 0 Å². The number of carboxylic acids is 1. The number of hydrogen-bond acceptors (Lipinski definition) is 5. The summed E-state index contributed by atoms with van der Waals surface area (Å²) in [6, 6.07) is 3.85. The smallest absolute Gasteiger partial charge is 0.342 e. The number of carbonyl (C=O) groups is 2. The summed E-state index contributed by atoms with van der Waals surface area (Å²) in [5.74, 6) is -1.52. The van der Waals surface area contributed by atoms with Gasteiger partial charge in [0.05, 0.1) is 11.5 Å². The van der Waals surface area contributed by atoms with Crippen LogP contribution in [0.1, 0.15) is 16.8 Å². The number of benzene rings is 1. The summed E-state index contributed by atoms with van der Waals surface area (Å²) in [4.78, 5) is 34.3. The highest BCUT2D eigenvalue weighted by atomic mass is 16.6. The van der Waals surface area contributed by atoms with E-state index >= 15 is 0 Å². The average Bonchev–Trinajstić information content (AvgIpc) is 2.62. The Kier molecular flexibility index (Phi) is 3.83. The second-order valence-electron chi connectivity index (χ2n) is 4.39. The zero-order valence-corrected chi connectivity index (χ0v) is 10.5. The summed E-state index contributed by atoms with van der Waals surface area (Å²) >= 11 is 0. The van der Waals surface area contributed by atoms with Gasteiger partial charge >= 0.3 is 5.97 Å². The zero-order chi connectivity index (χ0) is 14.7. The highest BCUT2D eigenvalue weighted by molar-refractivity contribution is 5.94. The third-order valence-corrected chi connectivity index (χ3v) is 3.03. The van der Waals surface area contributed by atoms with Crippen LogP contribution in [0.2, 0.25) is 0 Å². The van der Waals surface area contributed by atoms with E-state index < -0.39 is 16.6 Å². The van der Waals surface area contributed by atoms with Crippen molar-refractivity contribution in [2.75, 3.05) is 24.5 Å². The second-order valence-corrected chi connectivity index (χ2v) is 4.39. The normalized spacial score (nSPS) is 15.4. The van der Waals surface area contributed by atoms with Gasteiger partial charge in [-0.15, -0.1) is 0 Å². The topological polar surface area (TPSA) is 113 Å². The van der Waals surface area contributed by atoms with E-state index in [1.165, 1.54) is 12.1 Å². The summed E-state index contributed by atoms with van der Waals surface area (Å²) in [5.41, 5.74) is -0.345. The number of anilines is 1. The SMILES string of the molecule is O=C1CN(c2ccc([N+](=O)[O-])c(C(=O)O)c2)CCCN1. The fraction of sp³-hybridized carbons (Fsp3) is 0.333. The summed E-state index contributed by atoms with van der Waals surface area (Å²) in [7, 11) is 0. The minimum absolute atomic E-state index is 0.108. The number of nitrogens with one attached hydrogen (secondary N) is 1. The van der Waals surface area contributed by atoms with Crippen LogP contribution in [0.5, 0.6) is 0 Å². The molecule has 0 saturated carbocycles. The largest absolute Gasteiger partial charge is 0.477 e. The molecule has 1 saturated heterocycles.